The first-order chi connectivity index (χ1) is 17.4. The SMILES string of the molecule is CNCCN(C(=O)c1nc2cccc(OC)n2c1-c1ccc(F)c(C)c1)C1COc2cc(Cl)ccc21. The van der Waals surface area contributed by atoms with Crippen LogP contribution in [0.2, 0.25) is 5.02 Å². The van der Waals surface area contributed by atoms with Gasteiger partial charge in [0.1, 0.15) is 23.8 Å². The molecule has 186 valence electrons. The summed E-state index contributed by atoms with van der Waals surface area (Å²) in [4.78, 5) is 20.8. The summed E-state index contributed by atoms with van der Waals surface area (Å²) in [6, 6.07) is 15.3. The Morgan fingerprint density at radius 1 is 1.28 bits per heavy atom. The molecule has 1 atom stereocenters. The summed E-state index contributed by atoms with van der Waals surface area (Å²) in [7, 11) is 3.40. The van der Waals surface area contributed by atoms with Gasteiger partial charge in [-0.25, -0.2) is 9.37 Å². The first-order valence-corrected chi connectivity index (χ1v) is 12.0. The van der Waals surface area contributed by atoms with Crippen molar-refractivity contribution >= 4 is 23.2 Å². The van der Waals surface area contributed by atoms with Gasteiger partial charge < -0.3 is 19.7 Å². The van der Waals surface area contributed by atoms with Crippen molar-refractivity contribution < 1.29 is 18.7 Å². The van der Waals surface area contributed by atoms with Gasteiger partial charge in [0.25, 0.3) is 5.91 Å². The predicted molar refractivity (Wildman–Crippen MR) is 137 cm³/mol. The molecule has 36 heavy (non-hydrogen) atoms. The van der Waals surface area contributed by atoms with Crippen molar-refractivity contribution in [3.05, 3.63) is 82.3 Å². The molecular formula is C27H26ClFN4O3. The minimum atomic E-state index is -0.318. The number of pyridine rings is 1. The lowest BCUT2D eigenvalue weighted by molar-refractivity contribution is 0.0648. The number of hydrogen-bond acceptors (Lipinski definition) is 5. The highest BCUT2D eigenvalue weighted by Crippen LogP contribution is 2.39. The van der Waals surface area contributed by atoms with E-state index in [0.717, 1.165) is 5.56 Å². The number of aryl methyl sites for hydroxylation is 1. The number of halogens is 2. The van der Waals surface area contributed by atoms with Crippen LogP contribution in [-0.4, -0.2) is 54.0 Å². The van der Waals surface area contributed by atoms with E-state index in [4.69, 9.17) is 26.1 Å². The molecule has 1 aliphatic rings. The van der Waals surface area contributed by atoms with E-state index in [0.29, 0.717) is 58.8 Å². The van der Waals surface area contributed by atoms with E-state index < -0.39 is 0 Å². The second-order valence-corrected chi connectivity index (χ2v) is 9.08. The highest BCUT2D eigenvalue weighted by molar-refractivity contribution is 6.30. The number of rotatable bonds is 7. The Bertz CT molecular complexity index is 1450. The zero-order chi connectivity index (χ0) is 25.4. The Morgan fingerprint density at radius 3 is 2.86 bits per heavy atom. The van der Waals surface area contributed by atoms with Crippen molar-refractivity contribution in [2.75, 3.05) is 33.9 Å². The fourth-order valence-corrected chi connectivity index (χ4v) is 4.78. The third-order valence-electron chi connectivity index (χ3n) is 6.42. The maximum atomic E-state index is 14.3. The summed E-state index contributed by atoms with van der Waals surface area (Å²) < 4.78 is 27.4. The maximum absolute atomic E-state index is 14.3. The number of carbonyl (C=O) groups excluding carboxylic acids is 1. The van der Waals surface area contributed by atoms with Crippen LogP contribution >= 0.6 is 11.6 Å². The number of nitrogens with zero attached hydrogens (tertiary/aromatic N) is 3. The van der Waals surface area contributed by atoms with E-state index in [1.165, 1.54) is 6.07 Å². The molecule has 1 aliphatic heterocycles. The number of likely N-dealkylation sites (N-methyl/N-ethyl adjacent to an activating group) is 1. The highest BCUT2D eigenvalue weighted by Gasteiger charge is 2.35. The average molecular weight is 509 g/mol. The lowest BCUT2D eigenvalue weighted by atomic mass is 10.0. The molecule has 0 radical (unpaired) electrons. The van der Waals surface area contributed by atoms with Crippen molar-refractivity contribution in [3.63, 3.8) is 0 Å². The Morgan fingerprint density at radius 2 is 2.11 bits per heavy atom. The summed E-state index contributed by atoms with van der Waals surface area (Å²) in [6.45, 7) is 3.01. The maximum Gasteiger partial charge on any atom is 0.275 e. The van der Waals surface area contributed by atoms with Crippen molar-refractivity contribution in [1.82, 2.24) is 19.6 Å². The fraction of sp³-hybridized carbons (Fsp3) is 0.259. The standard InChI is InChI=1S/C27H26ClFN4O3/c1-16-13-17(7-10-20(16)29)26-25(31-23-5-4-6-24(35-3)33(23)26)27(34)32(12-11-30-2)21-15-36-22-14-18(28)8-9-19(21)22/h4-10,13-14,21,30H,11-12,15H2,1-3H3. The fourth-order valence-electron chi connectivity index (χ4n) is 4.62. The van der Waals surface area contributed by atoms with E-state index in [2.05, 4.69) is 5.32 Å². The quantitative estimate of drug-likeness (QED) is 0.384. The van der Waals surface area contributed by atoms with Gasteiger partial charge in [-0.3, -0.25) is 9.20 Å². The van der Waals surface area contributed by atoms with Crippen molar-refractivity contribution in [1.29, 1.82) is 0 Å². The molecule has 1 N–H and O–H groups in total. The molecule has 0 bridgehead atoms. The number of carbonyl (C=O) groups is 1. The Labute approximate surface area is 213 Å². The van der Waals surface area contributed by atoms with Gasteiger partial charge in [0.05, 0.1) is 18.8 Å². The number of aromatic nitrogens is 2. The van der Waals surface area contributed by atoms with Crippen LogP contribution < -0.4 is 14.8 Å². The van der Waals surface area contributed by atoms with Crippen LogP contribution in [0.4, 0.5) is 4.39 Å². The number of methoxy groups -OCH3 is 1. The van der Waals surface area contributed by atoms with E-state index in [9.17, 15) is 9.18 Å². The number of ether oxygens (including phenoxy) is 2. The molecule has 5 rings (SSSR count). The lowest BCUT2D eigenvalue weighted by Crippen LogP contribution is -2.40. The Hall–Kier alpha value is -3.62. The summed E-state index contributed by atoms with van der Waals surface area (Å²) in [5.74, 6) is 0.605. The largest absolute Gasteiger partial charge is 0.491 e. The molecule has 1 amide bonds. The van der Waals surface area contributed by atoms with Gasteiger partial charge >= 0.3 is 0 Å². The van der Waals surface area contributed by atoms with Crippen LogP contribution in [-0.2, 0) is 0 Å². The third kappa shape index (κ3) is 4.16. The minimum absolute atomic E-state index is 0.254. The van der Waals surface area contributed by atoms with Crippen LogP contribution in [0.25, 0.3) is 16.9 Å². The van der Waals surface area contributed by atoms with Crippen molar-refractivity contribution in [3.8, 4) is 22.9 Å². The molecule has 0 spiro atoms. The monoisotopic (exact) mass is 508 g/mol. The van der Waals surface area contributed by atoms with E-state index >= 15 is 0 Å². The average Bonchev–Trinajstić information content (AvgIpc) is 3.47. The summed E-state index contributed by atoms with van der Waals surface area (Å²) >= 11 is 6.16. The second kappa shape index (κ2) is 9.79. The molecule has 0 aliphatic carbocycles. The minimum Gasteiger partial charge on any atom is -0.491 e. The van der Waals surface area contributed by atoms with E-state index in [1.807, 2.05) is 25.2 Å². The zero-order valence-electron chi connectivity index (χ0n) is 20.2. The molecule has 7 nitrogen and oxygen atoms in total. The van der Waals surface area contributed by atoms with Crippen LogP contribution in [0.1, 0.15) is 27.7 Å². The molecule has 2 aromatic carbocycles. The van der Waals surface area contributed by atoms with Crippen molar-refractivity contribution in [2.45, 2.75) is 13.0 Å². The second-order valence-electron chi connectivity index (χ2n) is 8.65. The van der Waals surface area contributed by atoms with Crippen LogP contribution in [0.5, 0.6) is 11.6 Å². The summed E-state index contributed by atoms with van der Waals surface area (Å²) in [5.41, 5.74) is 3.38. The predicted octanol–water partition coefficient (Wildman–Crippen LogP) is 4.91. The van der Waals surface area contributed by atoms with Crippen molar-refractivity contribution in [2.24, 2.45) is 0 Å². The zero-order valence-corrected chi connectivity index (χ0v) is 21.0. The molecule has 0 saturated heterocycles. The van der Waals surface area contributed by atoms with Crippen LogP contribution in [0.3, 0.4) is 0 Å². The van der Waals surface area contributed by atoms with Crippen LogP contribution in [0, 0.1) is 12.7 Å². The highest BCUT2D eigenvalue weighted by atomic mass is 35.5. The first-order valence-electron chi connectivity index (χ1n) is 11.6. The molecule has 2 aromatic heterocycles. The third-order valence-corrected chi connectivity index (χ3v) is 6.66. The van der Waals surface area contributed by atoms with Gasteiger partial charge in [-0.05, 0) is 62.0 Å². The number of fused-ring (bicyclic) bond motifs is 2. The molecule has 4 aromatic rings. The van der Waals surface area contributed by atoms with Gasteiger partial charge in [0.2, 0.25) is 0 Å². The number of imidazole rings is 1. The number of hydrogen-bond donors (Lipinski definition) is 1. The molecule has 1 unspecified atom stereocenters. The number of benzene rings is 2. The van der Waals surface area contributed by atoms with E-state index in [1.54, 1.807) is 53.7 Å². The van der Waals surface area contributed by atoms with Gasteiger partial charge in [-0.1, -0.05) is 23.7 Å². The normalized spacial score (nSPS) is 14.5. The van der Waals surface area contributed by atoms with Gasteiger partial charge in [0, 0.05) is 29.2 Å². The van der Waals surface area contributed by atoms with Gasteiger partial charge in [-0.2, -0.15) is 0 Å². The number of nitrogens with one attached hydrogen (secondary N) is 1. The first kappa shape index (κ1) is 24.1. The number of amides is 1. The molecule has 3 heterocycles. The Kier molecular flexibility index (Phi) is 6.55. The van der Waals surface area contributed by atoms with Crippen LogP contribution in [0.15, 0.2) is 54.6 Å². The van der Waals surface area contributed by atoms with Gasteiger partial charge in [0.15, 0.2) is 11.6 Å². The molecular weight excluding hydrogens is 483 g/mol. The lowest BCUT2D eigenvalue weighted by Gasteiger charge is -2.28. The summed E-state index contributed by atoms with van der Waals surface area (Å²) in [5, 5.41) is 3.70. The summed E-state index contributed by atoms with van der Waals surface area (Å²) in [6.07, 6.45) is 0. The topological polar surface area (TPSA) is 68.1 Å². The molecule has 0 fully saturated rings. The Balaban J connectivity index is 1.68. The van der Waals surface area contributed by atoms with Gasteiger partial charge in [-0.15, -0.1) is 0 Å². The molecule has 9 heteroatoms. The molecule has 0 saturated carbocycles. The van der Waals surface area contributed by atoms with E-state index in [-0.39, 0.29) is 23.5 Å². The smallest absolute Gasteiger partial charge is 0.275 e.